The van der Waals surface area contributed by atoms with Gasteiger partial charge in [0, 0.05) is 32.2 Å². The van der Waals surface area contributed by atoms with Crippen molar-refractivity contribution < 1.29 is 4.79 Å². The van der Waals surface area contributed by atoms with Crippen LogP contribution >= 0.6 is 0 Å². The molecule has 100 valence electrons. The predicted molar refractivity (Wildman–Crippen MR) is 76.7 cm³/mol. The molecule has 1 aromatic heterocycles. The molecule has 2 aromatic rings. The van der Waals surface area contributed by atoms with Crippen molar-refractivity contribution in [3.63, 3.8) is 0 Å². The Morgan fingerprint density at radius 1 is 1.37 bits per heavy atom. The second kappa shape index (κ2) is 5.80. The SMILES string of the molecule is CN(C)C(=O)C(CN)Cc1ccc2ncccc2c1. The number of amides is 1. The van der Waals surface area contributed by atoms with Crippen LogP contribution in [0, 0.1) is 5.92 Å². The van der Waals surface area contributed by atoms with E-state index in [9.17, 15) is 4.79 Å². The van der Waals surface area contributed by atoms with Crippen molar-refractivity contribution in [2.24, 2.45) is 11.7 Å². The van der Waals surface area contributed by atoms with Crippen LogP contribution in [0.3, 0.4) is 0 Å². The van der Waals surface area contributed by atoms with Crippen LogP contribution in [0.2, 0.25) is 0 Å². The first-order valence-corrected chi connectivity index (χ1v) is 6.36. The summed E-state index contributed by atoms with van der Waals surface area (Å²) in [6.07, 6.45) is 2.44. The van der Waals surface area contributed by atoms with Crippen LogP contribution in [0.25, 0.3) is 10.9 Å². The summed E-state index contributed by atoms with van der Waals surface area (Å²) in [4.78, 5) is 17.9. The highest BCUT2D eigenvalue weighted by molar-refractivity contribution is 5.80. The number of hydrogen-bond acceptors (Lipinski definition) is 3. The molecule has 4 heteroatoms. The monoisotopic (exact) mass is 257 g/mol. The van der Waals surface area contributed by atoms with Gasteiger partial charge in [0.05, 0.1) is 11.4 Å². The lowest BCUT2D eigenvalue weighted by Gasteiger charge is -2.19. The van der Waals surface area contributed by atoms with Crippen LogP contribution in [0.15, 0.2) is 36.5 Å². The first-order chi connectivity index (χ1) is 9.11. The van der Waals surface area contributed by atoms with Crippen molar-refractivity contribution in [1.29, 1.82) is 0 Å². The molecular formula is C15H19N3O. The third kappa shape index (κ3) is 3.09. The number of aromatic nitrogens is 1. The van der Waals surface area contributed by atoms with Crippen molar-refractivity contribution >= 4 is 16.8 Å². The maximum atomic E-state index is 12.0. The third-order valence-electron chi connectivity index (χ3n) is 3.22. The second-order valence-corrected chi connectivity index (χ2v) is 4.90. The number of hydrogen-bond donors (Lipinski definition) is 1. The number of benzene rings is 1. The summed E-state index contributed by atoms with van der Waals surface area (Å²) in [5, 5.41) is 1.09. The maximum Gasteiger partial charge on any atom is 0.226 e. The molecule has 19 heavy (non-hydrogen) atoms. The zero-order valence-corrected chi connectivity index (χ0v) is 11.3. The molecule has 1 amide bonds. The van der Waals surface area contributed by atoms with Crippen molar-refractivity contribution in [2.45, 2.75) is 6.42 Å². The number of pyridine rings is 1. The summed E-state index contributed by atoms with van der Waals surface area (Å²) < 4.78 is 0. The number of nitrogens with zero attached hydrogens (tertiary/aromatic N) is 2. The van der Waals surface area contributed by atoms with E-state index in [-0.39, 0.29) is 11.8 Å². The van der Waals surface area contributed by atoms with E-state index >= 15 is 0 Å². The molecule has 4 nitrogen and oxygen atoms in total. The van der Waals surface area contributed by atoms with Gasteiger partial charge in [0.2, 0.25) is 5.91 Å². The normalized spacial score (nSPS) is 12.4. The standard InChI is InChI=1S/C15H19N3O/c1-18(2)15(19)13(10-16)9-11-5-6-14-12(8-11)4-3-7-17-14/h3-8,13H,9-10,16H2,1-2H3. The Morgan fingerprint density at radius 3 is 2.84 bits per heavy atom. The zero-order valence-electron chi connectivity index (χ0n) is 11.3. The van der Waals surface area contributed by atoms with Crippen molar-refractivity contribution in [1.82, 2.24) is 9.88 Å². The molecule has 0 saturated heterocycles. The van der Waals surface area contributed by atoms with E-state index in [0.717, 1.165) is 16.5 Å². The fraction of sp³-hybridized carbons (Fsp3) is 0.333. The van der Waals surface area contributed by atoms with Gasteiger partial charge < -0.3 is 10.6 Å². The van der Waals surface area contributed by atoms with Crippen molar-refractivity contribution in [3.05, 3.63) is 42.1 Å². The van der Waals surface area contributed by atoms with E-state index in [4.69, 9.17) is 5.73 Å². The first-order valence-electron chi connectivity index (χ1n) is 6.36. The molecular weight excluding hydrogens is 238 g/mol. The van der Waals surface area contributed by atoms with Crippen molar-refractivity contribution in [2.75, 3.05) is 20.6 Å². The van der Waals surface area contributed by atoms with E-state index in [2.05, 4.69) is 11.1 Å². The number of carbonyl (C=O) groups is 1. The van der Waals surface area contributed by atoms with Gasteiger partial charge in [0.1, 0.15) is 0 Å². The van der Waals surface area contributed by atoms with Crippen LogP contribution in [0.5, 0.6) is 0 Å². The summed E-state index contributed by atoms with van der Waals surface area (Å²) >= 11 is 0. The highest BCUT2D eigenvalue weighted by Crippen LogP contribution is 2.16. The zero-order chi connectivity index (χ0) is 13.8. The first kappa shape index (κ1) is 13.5. The molecule has 2 N–H and O–H groups in total. The number of rotatable bonds is 4. The van der Waals surface area contributed by atoms with E-state index in [1.54, 1.807) is 25.2 Å². The average molecular weight is 257 g/mol. The molecule has 0 bridgehead atoms. The fourth-order valence-corrected chi connectivity index (χ4v) is 2.17. The predicted octanol–water partition coefficient (Wildman–Crippen LogP) is 1.44. The summed E-state index contributed by atoms with van der Waals surface area (Å²) in [6.45, 7) is 0.363. The van der Waals surface area contributed by atoms with Gasteiger partial charge in [-0.15, -0.1) is 0 Å². The Balaban J connectivity index is 2.22. The van der Waals surface area contributed by atoms with E-state index in [1.165, 1.54) is 0 Å². The highest BCUT2D eigenvalue weighted by atomic mass is 16.2. The van der Waals surface area contributed by atoms with Crippen LogP contribution in [0.1, 0.15) is 5.56 Å². The third-order valence-corrected chi connectivity index (χ3v) is 3.22. The molecule has 2 rings (SSSR count). The molecule has 0 aliphatic carbocycles. The Bertz CT molecular complexity index is 580. The van der Waals surface area contributed by atoms with Gasteiger partial charge in [-0.25, -0.2) is 0 Å². The minimum absolute atomic E-state index is 0.0776. The largest absolute Gasteiger partial charge is 0.349 e. The Kier molecular flexibility index (Phi) is 4.12. The van der Waals surface area contributed by atoms with Gasteiger partial charge in [-0.1, -0.05) is 12.1 Å². The number of fused-ring (bicyclic) bond motifs is 1. The lowest BCUT2D eigenvalue weighted by atomic mass is 9.97. The minimum Gasteiger partial charge on any atom is -0.349 e. The minimum atomic E-state index is -0.163. The van der Waals surface area contributed by atoms with E-state index in [1.807, 2.05) is 24.3 Å². The Morgan fingerprint density at radius 2 is 2.16 bits per heavy atom. The lowest BCUT2D eigenvalue weighted by molar-refractivity contribution is -0.132. The Labute approximate surface area is 113 Å². The molecule has 1 heterocycles. The van der Waals surface area contributed by atoms with E-state index < -0.39 is 0 Å². The Hall–Kier alpha value is -1.94. The molecule has 0 saturated carbocycles. The summed E-state index contributed by atoms with van der Waals surface area (Å²) in [6, 6.07) is 10.0. The van der Waals surface area contributed by atoms with E-state index in [0.29, 0.717) is 13.0 Å². The molecule has 1 atom stereocenters. The topological polar surface area (TPSA) is 59.2 Å². The van der Waals surface area contributed by atoms with Gasteiger partial charge in [-0.05, 0) is 30.2 Å². The molecule has 0 radical (unpaired) electrons. The quantitative estimate of drug-likeness (QED) is 0.901. The smallest absolute Gasteiger partial charge is 0.226 e. The lowest BCUT2D eigenvalue weighted by Crippen LogP contribution is -2.35. The van der Waals surface area contributed by atoms with Crippen LogP contribution in [-0.2, 0) is 11.2 Å². The molecule has 1 aromatic carbocycles. The maximum absolute atomic E-state index is 12.0. The highest BCUT2D eigenvalue weighted by Gasteiger charge is 2.19. The fourth-order valence-electron chi connectivity index (χ4n) is 2.17. The average Bonchev–Trinajstić information content (AvgIpc) is 2.43. The van der Waals surface area contributed by atoms with Crippen LogP contribution in [0.4, 0.5) is 0 Å². The van der Waals surface area contributed by atoms with Gasteiger partial charge in [-0.2, -0.15) is 0 Å². The van der Waals surface area contributed by atoms with Crippen LogP contribution < -0.4 is 5.73 Å². The van der Waals surface area contributed by atoms with Crippen molar-refractivity contribution in [3.8, 4) is 0 Å². The molecule has 0 fully saturated rings. The molecule has 0 aliphatic heterocycles. The van der Waals surface area contributed by atoms with Gasteiger partial charge >= 0.3 is 0 Å². The summed E-state index contributed by atoms with van der Waals surface area (Å²) in [5.74, 6) is -0.0853. The number of nitrogens with two attached hydrogens (primary N) is 1. The molecule has 1 unspecified atom stereocenters. The number of carbonyl (C=O) groups excluding carboxylic acids is 1. The van der Waals surface area contributed by atoms with Crippen LogP contribution in [-0.4, -0.2) is 36.4 Å². The summed E-state index contributed by atoms with van der Waals surface area (Å²) in [5.41, 5.74) is 7.80. The van der Waals surface area contributed by atoms with Gasteiger partial charge in [0.15, 0.2) is 0 Å². The molecule has 0 aliphatic rings. The summed E-state index contributed by atoms with van der Waals surface area (Å²) in [7, 11) is 3.52. The van der Waals surface area contributed by atoms with Gasteiger partial charge in [0.25, 0.3) is 0 Å². The second-order valence-electron chi connectivity index (χ2n) is 4.90. The van der Waals surface area contributed by atoms with Gasteiger partial charge in [-0.3, -0.25) is 9.78 Å². The molecule has 0 spiro atoms.